The molecule has 102 valence electrons. The lowest BCUT2D eigenvalue weighted by Crippen LogP contribution is -2.41. The van der Waals surface area contributed by atoms with Crippen LogP contribution in [0.5, 0.6) is 5.75 Å². The third kappa shape index (κ3) is 3.01. The van der Waals surface area contributed by atoms with E-state index in [0.29, 0.717) is 18.1 Å². The number of carbonyl (C=O) groups excluding carboxylic acids is 1. The van der Waals surface area contributed by atoms with Gasteiger partial charge in [0.05, 0.1) is 10.6 Å². The number of nitrogens with zero attached hydrogens (tertiary/aromatic N) is 1. The maximum Gasteiger partial charge on any atom is 0.257 e. The van der Waals surface area contributed by atoms with Crippen molar-refractivity contribution < 1.29 is 14.3 Å². The molecule has 1 saturated heterocycles. The maximum atomic E-state index is 12.9. The van der Waals surface area contributed by atoms with Crippen LogP contribution in [0.1, 0.15) is 23.2 Å². The lowest BCUT2D eigenvalue weighted by molar-refractivity contribution is 0.0707. The lowest BCUT2D eigenvalue weighted by Gasteiger charge is -2.31. The van der Waals surface area contributed by atoms with Crippen molar-refractivity contribution in [2.45, 2.75) is 12.8 Å². The summed E-state index contributed by atoms with van der Waals surface area (Å²) in [5.74, 6) is -1.03. The number of likely N-dealkylation sites (tertiary alicyclic amines) is 1. The minimum absolute atomic E-state index is 0.121. The normalized spacial score (nSPS) is 16.4. The summed E-state index contributed by atoms with van der Waals surface area (Å²) in [5, 5.41) is 9.60. The molecule has 6 heteroatoms. The molecule has 0 aliphatic carbocycles. The number of amides is 1. The molecular weight excluding hydrogens is 267 g/mol. The number of nitrogens with two attached hydrogens (primary N) is 1. The van der Waals surface area contributed by atoms with Crippen LogP contribution in [0.3, 0.4) is 0 Å². The predicted octanol–water partition coefficient (Wildman–Crippen LogP) is 1.67. The van der Waals surface area contributed by atoms with Gasteiger partial charge in [0.15, 0.2) is 0 Å². The highest BCUT2D eigenvalue weighted by atomic mass is 32.1. The van der Waals surface area contributed by atoms with Gasteiger partial charge in [-0.1, -0.05) is 12.2 Å². The summed E-state index contributed by atoms with van der Waals surface area (Å²) in [6.07, 6.45) is 1.45. The maximum absolute atomic E-state index is 12.9. The van der Waals surface area contributed by atoms with Gasteiger partial charge in [0.2, 0.25) is 0 Å². The topological polar surface area (TPSA) is 66.6 Å². The SMILES string of the molecule is NC(=S)C1CCN(C(=O)c2ccc(F)cc2O)CC1. The summed E-state index contributed by atoms with van der Waals surface area (Å²) in [6.45, 7) is 1.08. The molecule has 1 heterocycles. The van der Waals surface area contributed by atoms with Gasteiger partial charge < -0.3 is 15.7 Å². The molecule has 1 aromatic rings. The largest absolute Gasteiger partial charge is 0.507 e. The van der Waals surface area contributed by atoms with Crippen molar-refractivity contribution in [1.82, 2.24) is 4.90 Å². The number of phenols is 1. The first-order chi connectivity index (χ1) is 8.99. The number of piperidine rings is 1. The zero-order valence-electron chi connectivity index (χ0n) is 10.3. The molecule has 1 fully saturated rings. The molecule has 0 spiro atoms. The van der Waals surface area contributed by atoms with Gasteiger partial charge in [-0.05, 0) is 25.0 Å². The molecule has 4 nitrogen and oxygen atoms in total. The van der Waals surface area contributed by atoms with Crippen LogP contribution in [0.4, 0.5) is 4.39 Å². The standard InChI is InChI=1S/C13H15FN2O2S/c14-9-1-2-10(11(17)7-9)13(18)16-5-3-8(4-6-16)12(15)19/h1-2,7-8,17H,3-6H2,(H2,15,19). The molecule has 0 radical (unpaired) electrons. The van der Waals surface area contributed by atoms with E-state index in [1.54, 1.807) is 4.90 Å². The smallest absolute Gasteiger partial charge is 0.257 e. The number of phenolic OH excluding ortho intramolecular Hbond substituents is 1. The molecule has 0 unspecified atom stereocenters. The van der Waals surface area contributed by atoms with E-state index in [1.807, 2.05) is 0 Å². The molecule has 1 amide bonds. The van der Waals surface area contributed by atoms with Gasteiger partial charge in [0, 0.05) is 25.1 Å². The number of hydrogen-bond acceptors (Lipinski definition) is 3. The van der Waals surface area contributed by atoms with Crippen molar-refractivity contribution in [2.75, 3.05) is 13.1 Å². The molecule has 0 saturated carbocycles. The Morgan fingerprint density at radius 1 is 1.42 bits per heavy atom. The first-order valence-electron chi connectivity index (χ1n) is 6.06. The number of thiocarbonyl (C=S) groups is 1. The van der Waals surface area contributed by atoms with Crippen LogP contribution < -0.4 is 5.73 Å². The summed E-state index contributed by atoms with van der Waals surface area (Å²) in [5.41, 5.74) is 5.71. The Morgan fingerprint density at radius 2 is 2.05 bits per heavy atom. The molecule has 3 N–H and O–H groups in total. The Hall–Kier alpha value is -1.69. The Labute approximate surface area is 116 Å². The average Bonchev–Trinajstić information content (AvgIpc) is 2.38. The van der Waals surface area contributed by atoms with E-state index in [-0.39, 0.29) is 23.1 Å². The van der Waals surface area contributed by atoms with Crippen LogP contribution in [0, 0.1) is 11.7 Å². The van der Waals surface area contributed by atoms with Gasteiger partial charge in [0.1, 0.15) is 11.6 Å². The van der Waals surface area contributed by atoms with E-state index in [9.17, 15) is 14.3 Å². The van der Waals surface area contributed by atoms with Crippen molar-refractivity contribution >= 4 is 23.1 Å². The van der Waals surface area contributed by atoms with Gasteiger partial charge in [-0.2, -0.15) is 0 Å². The molecule has 1 aliphatic heterocycles. The fraction of sp³-hybridized carbons (Fsp3) is 0.385. The van der Waals surface area contributed by atoms with Gasteiger partial charge in [-0.3, -0.25) is 4.79 Å². The summed E-state index contributed by atoms with van der Waals surface area (Å²) >= 11 is 4.94. The van der Waals surface area contributed by atoms with Crippen LogP contribution >= 0.6 is 12.2 Å². The van der Waals surface area contributed by atoms with Crippen molar-refractivity contribution in [3.63, 3.8) is 0 Å². The van der Waals surface area contributed by atoms with Gasteiger partial charge in [-0.25, -0.2) is 4.39 Å². The summed E-state index contributed by atoms with van der Waals surface area (Å²) in [7, 11) is 0. The van der Waals surface area contributed by atoms with Crippen molar-refractivity contribution in [3.05, 3.63) is 29.6 Å². The monoisotopic (exact) mass is 282 g/mol. The quantitative estimate of drug-likeness (QED) is 0.810. The van der Waals surface area contributed by atoms with Gasteiger partial charge >= 0.3 is 0 Å². The summed E-state index contributed by atoms with van der Waals surface area (Å²) < 4.78 is 12.9. The molecular formula is C13H15FN2O2S. The van der Waals surface area contributed by atoms with Gasteiger partial charge in [0.25, 0.3) is 5.91 Å². The Balaban J connectivity index is 2.07. The van der Waals surface area contributed by atoms with Crippen molar-refractivity contribution in [1.29, 1.82) is 0 Å². The minimum Gasteiger partial charge on any atom is -0.507 e. The molecule has 0 bridgehead atoms. The highest BCUT2D eigenvalue weighted by molar-refractivity contribution is 7.80. The highest BCUT2D eigenvalue weighted by Crippen LogP contribution is 2.23. The molecule has 0 aromatic heterocycles. The number of halogens is 1. The van der Waals surface area contributed by atoms with E-state index in [0.717, 1.165) is 25.0 Å². The first-order valence-corrected chi connectivity index (χ1v) is 6.47. The molecule has 1 aliphatic rings. The Morgan fingerprint density at radius 3 is 2.58 bits per heavy atom. The summed E-state index contributed by atoms with van der Waals surface area (Å²) in [4.78, 5) is 14.3. The number of hydrogen-bond donors (Lipinski definition) is 2. The van der Waals surface area contributed by atoms with Crippen molar-refractivity contribution in [3.8, 4) is 5.75 Å². The number of rotatable bonds is 2. The van der Waals surface area contributed by atoms with Crippen LogP contribution in [0.2, 0.25) is 0 Å². The Kier molecular flexibility index (Phi) is 3.99. The van der Waals surface area contributed by atoms with E-state index in [4.69, 9.17) is 18.0 Å². The molecule has 19 heavy (non-hydrogen) atoms. The summed E-state index contributed by atoms with van der Waals surface area (Å²) in [6, 6.07) is 3.40. The second-order valence-corrected chi connectivity index (χ2v) is 5.10. The zero-order chi connectivity index (χ0) is 14.0. The highest BCUT2D eigenvalue weighted by Gasteiger charge is 2.26. The van der Waals surface area contributed by atoms with E-state index >= 15 is 0 Å². The fourth-order valence-corrected chi connectivity index (χ4v) is 2.46. The molecule has 0 atom stereocenters. The molecule has 1 aromatic carbocycles. The van der Waals surface area contributed by atoms with E-state index in [2.05, 4.69) is 0 Å². The second-order valence-electron chi connectivity index (χ2n) is 4.63. The Bertz CT molecular complexity index is 513. The minimum atomic E-state index is -0.568. The zero-order valence-corrected chi connectivity index (χ0v) is 11.1. The van der Waals surface area contributed by atoms with E-state index < -0.39 is 5.82 Å². The first kappa shape index (κ1) is 13.7. The second kappa shape index (κ2) is 5.52. The third-order valence-corrected chi connectivity index (χ3v) is 3.71. The lowest BCUT2D eigenvalue weighted by atomic mass is 9.96. The van der Waals surface area contributed by atoms with Crippen molar-refractivity contribution in [2.24, 2.45) is 11.7 Å². The number of benzene rings is 1. The van der Waals surface area contributed by atoms with Crippen LogP contribution in [0.25, 0.3) is 0 Å². The van der Waals surface area contributed by atoms with Crippen LogP contribution in [-0.4, -0.2) is 34.0 Å². The molecule has 2 rings (SSSR count). The van der Waals surface area contributed by atoms with Crippen LogP contribution in [-0.2, 0) is 0 Å². The van der Waals surface area contributed by atoms with Crippen LogP contribution in [0.15, 0.2) is 18.2 Å². The van der Waals surface area contributed by atoms with E-state index in [1.165, 1.54) is 6.07 Å². The predicted molar refractivity (Wildman–Crippen MR) is 73.5 cm³/mol. The fourth-order valence-electron chi connectivity index (χ4n) is 2.22. The number of carbonyl (C=O) groups is 1. The van der Waals surface area contributed by atoms with Gasteiger partial charge in [-0.15, -0.1) is 0 Å². The number of aromatic hydroxyl groups is 1. The third-order valence-electron chi connectivity index (χ3n) is 3.37. The average molecular weight is 282 g/mol.